The van der Waals surface area contributed by atoms with Crippen molar-refractivity contribution in [2.45, 2.75) is 0 Å². The normalized spacial score (nSPS) is 10.7. The van der Waals surface area contributed by atoms with Crippen LogP contribution in [-0.2, 0) is 20.1 Å². The van der Waals surface area contributed by atoms with E-state index in [0.29, 0.717) is 16.9 Å². The first-order valence-electron chi connectivity index (χ1n) is 6.34. The monoisotopic (exact) mass is 506 g/mol. The number of halogens is 2. The Kier molecular flexibility index (Phi) is 4.30. The molecular weight excluding hydrogens is 498 g/mol. The molecule has 117 valence electrons. The Balaban J connectivity index is 0.00000156. The quantitative estimate of drug-likeness (QED) is 0.391. The van der Waals surface area contributed by atoms with E-state index < -0.39 is 11.6 Å². The van der Waals surface area contributed by atoms with Crippen LogP contribution in [0.1, 0.15) is 0 Å². The van der Waals surface area contributed by atoms with Gasteiger partial charge in [-0.2, -0.15) is 5.10 Å². The molecule has 2 aromatic carbocycles. The summed E-state index contributed by atoms with van der Waals surface area (Å²) in [6.07, 6.45) is 1.27. The standard InChI is InChI=1S/C15H7F2N4S.Ir/c16-10-4-2-5-11(17)14(10)21-7-19-20-15(21)9-3-1-6-12-13(9)18-8-22-12;/h1-2,4-8H;/q-1;. The summed E-state index contributed by atoms with van der Waals surface area (Å²) in [5.74, 6) is -1.08. The molecule has 4 rings (SSSR count). The minimum absolute atomic E-state index is 0. The molecule has 2 aromatic heterocycles. The van der Waals surface area contributed by atoms with E-state index >= 15 is 0 Å². The zero-order chi connectivity index (χ0) is 15.1. The Bertz CT molecular complexity index is 962. The number of aromatic nitrogens is 4. The summed E-state index contributed by atoms with van der Waals surface area (Å²) in [5, 5.41) is 7.77. The van der Waals surface area contributed by atoms with Gasteiger partial charge in [-0.05, 0) is 16.8 Å². The number of nitrogens with zero attached hydrogens (tertiary/aromatic N) is 4. The Labute approximate surface area is 147 Å². The molecule has 4 nitrogen and oxygen atoms in total. The van der Waals surface area contributed by atoms with Gasteiger partial charge in [0, 0.05) is 25.6 Å². The van der Waals surface area contributed by atoms with E-state index in [0.717, 1.165) is 4.70 Å². The number of benzene rings is 2. The molecule has 2 heterocycles. The van der Waals surface area contributed by atoms with E-state index in [9.17, 15) is 8.78 Å². The van der Waals surface area contributed by atoms with Gasteiger partial charge in [0.25, 0.3) is 0 Å². The maximum Gasteiger partial charge on any atom is 0.149 e. The minimum Gasteiger partial charge on any atom is -0.318 e. The van der Waals surface area contributed by atoms with Crippen molar-refractivity contribution >= 4 is 21.6 Å². The van der Waals surface area contributed by atoms with Gasteiger partial charge in [-0.15, -0.1) is 34.6 Å². The molecule has 1 radical (unpaired) electrons. The zero-order valence-corrected chi connectivity index (χ0v) is 14.5. The molecule has 0 aliphatic rings. The van der Waals surface area contributed by atoms with E-state index in [-0.39, 0.29) is 25.8 Å². The van der Waals surface area contributed by atoms with Crippen LogP contribution in [0.15, 0.2) is 42.2 Å². The maximum absolute atomic E-state index is 14.0. The van der Waals surface area contributed by atoms with Crippen LogP contribution in [0.2, 0.25) is 0 Å². The van der Waals surface area contributed by atoms with Crippen molar-refractivity contribution in [1.29, 1.82) is 0 Å². The van der Waals surface area contributed by atoms with Crippen molar-refractivity contribution < 1.29 is 28.9 Å². The molecular formula is C15H7F2IrN4S-. The van der Waals surface area contributed by atoms with E-state index in [1.54, 1.807) is 11.6 Å². The molecule has 8 heteroatoms. The van der Waals surface area contributed by atoms with Crippen LogP contribution in [0.4, 0.5) is 8.78 Å². The molecule has 0 atom stereocenters. The van der Waals surface area contributed by atoms with E-state index in [1.807, 2.05) is 6.07 Å². The van der Waals surface area contributed by atoms with Gasteiger partial charge in [0.15, 0.2) is 0 Å². The fourth-order valence-corrected chi connectivity index (χ4v) is 2.97. The first kappa shape index (κ1) is 15.9. The average molecular weight is 506 g/mol. The van der Waals surface area contributed by atoms with Crippen molar-refractivity contribution in [2.75, 3.05) is 0 Å². The fraction of sp³-hybridized carbons (Fsp3) is 0. The molecule has 0 spiro atoms. The maximum atomic E-state index is 14.0. The topological polar surface area (TPSA) is 43.6 Å². The summed E-state index contributed by atoms with van der Waals surface area (Å²) in [7, 11) is 0. The summed E-state index contributed by atoms with van der Waals surface area (Å²) >= 11 is 1.47. The van der Waals surface area contributed by atoms with Crippen molar-refractivity contribution in [3.63, 3.8) is 0 Å². The third-order valence-electron chi connectivity index (χ3n) is 3.24. The van der Waals surface area contributed by atoms with Gasteiger partial charge in [-0.1, -0.05) is 11.6 Å². The van der Waals surface area contributed by atoms with Crippen LogP contribution >= 0.6 is 11.3 Å². The molecule has 0 saturated heterocycles. The molecule has 0 aliphatic carbocycles. The molecule has 0 aliphatic heterocycles. The Morgan fingerprint density at radius 2 is 1.91 bits per heavy atom. The molecule has 0 unspecified atom stereocenters. The average Bonchev–Trinajstić information content (AvgIpc) is 3.15. The minimum atomic E-state index is -0.688. The second-order valence-corrected chi connectivity index (χ2v) is 5.40. The molecule has 0 fully saturated rings. The van der Waals surface area contributed by atoms with Crippen molar-refractivity contribution in [3.8, 4) is 17.1 Å². The van der Waals surface area contributed by atoms with Crippen LogP contribution in [0.5, 0.6) is 0 Å². The van der Waals surface area contributed by atoms with Crippen LogP contribution in [-0.4, -0.2) is 19.7 Å². The molecule has 0 bridgehead atoms. The molecule has 0 N–H and O–H groups in total. The second kappa shape index (κ2) is 6.23. The van der Waals surface area contributed by atoms with Gasteiger partial charge < -0.3 is 4.57 Å². The Morgan fingerprint density at radius 1 is 1.13 bits per heavy atom. The number of fused-ring (bicyclic) bond motifs is 1. The summed E-state index contributed by atoms with van der Waals surface area (Å²) in [4.78, 5) is 4.27. The fourth-order valence-electron chi connectivity index (χ4n) is 2.29. The van der Waals surface area contributed by atoms with Gasteiger partial charge in [0.2, 0.25) is 0 Å². The van der Waals surface area contributed by atoms with Crippen molar-refractivity contribution in [2.24, 2.45) is 0 Å². The van der Waals surface area contributed by atoms with Crippen LogP contribution < -0.4 is 0 Å². The summed E-state index contributed by atoms with van der Waals surface area (Å²) in [5.41, 5.74) is 2.72. The first-order chi connectivity index (χ1) is 10.8. The predicted octanol–water partition coefficient (Wildman–Crippen LogP) is 3.62. The largest absolute Gasteiger partial charge is 0.318 e. The Hall–Kier alpha value is -2.02. The van der Waals surface area contributed by atoms with E-state index in [1.165, 1.54) is 40.4 Å². The number of hydrogen-bond donors (Lipinski definition) is 0. The summed E-state index contributed by atoms with van der Waals surface area (Å²) in [6.45, 7) is 0. The smallest absolute Gasteiger partial charge is 0.149 e. The van der Waals surface area contributed by atoms with Gasteiger partial charge in [0.1, 0.15) is 23.6 Å². The predicted molar refractivity (Wildman–Crippen MR) is 78.7 cm³/mol. The SMILES string of the molecule is Fc1cccc(F)c1-n1cnnc1-c1[c-]ccc2scnc12.[Ir]. The van der Waals surface area contributed by atoms with Gasteiger partial charge in [0.05, 0.1) is 11.3 Å². The number of rotatable bonds is 2. The number of para-hydroxylation sites is 1. The van der Waals surface area contributed by atoms with Crippen LogP contribution in [0.25, 0.3) is 27.3 Å². The molecule has 0 amide bonds. The first-order valence-corrected chi connectivity index (χ1v) is 7.22. The number of hydrogen-bond acceptors (Lipinski definition) is 4. The second-order valence-electron chi connectivity index (χ2n) is 4.51. The van der Waals surface area contributed by atoms with Gasteiger partial charge in [-0.25, -0.2) is 8.78 Å². The van der Waals surface area contributed by atoms with Gasteiger partial charge in [-0.3, -0.25) is 4.98 Å². The Morgan fingerprint density at radius 3 is 2.70 bits per heavy atom. The van der Waals surface area contributed by atoms with Gasteiger partial charge >= 0.3 is 0 Å². The molecule has 4 aromatic rings. The van der Waals surface area contributed by atoms with Crippen molar-refractivity contribution in [1.82, 2.24) is 19.7 Å². The summed E-state index contributed by atoms with van der Waals surface area (Å²) in [6, 6.07) is 10.3. The van der Waals surface area contributed by atoms with E-state index in [2.05, 4.69) is 21.2 Å². The number of thiazole rings is 1. The van der Waals surface area contributed by atoms with Crippen LogP contribution in [0.3, 0.4) is 0 Å². The van der Waals surface area contributed by atoms with Crippen molar-refractivity contribution in [3.05, 3.63) is 59.9 Å². The zero-order valence-electron chi connectivity index (χ0n) is 11.3. The molecule has 23 heavy (non-hydrogen) atoms. The molecule has 0 saturated carbocycles. The summed E-state index contributed by atoms with van der Waals surface area (Å²) < 4.78 is 30.3. The van der Waals surface area contributed by atoms with E-state index in [4.69, 9.17) is 0 Å². The van der Waals surface area contributed by atoms with Crippen LogP contribution in [0, 0.1) is 17.7 Å². The third-order valence-corrected chi connectivity index (χ3v) is 4.04. The third kappa shape index (κ3) is 2.59.